The molecule has 2 unspecified atom stereocenters. The van der Waals surface area contributed by atoms with Crippen LogP contribution in [0, 0.1) is 15.9 Å². The van der Waals surface area contributed by atoms with Gasteiger partial charge < -0.3 is 10.4 Å². The molecule has 0 bridgehead atoms. The Morgan fingerprint density at radius 1 is 1.57 bits per heavy atom. The topological polar surface area (TPSA) is 110 Å². The average Bonchev–Trinajstić information content (AvgIpc) is 2.37. The molecule has 0 fully saturated rings. The fourth-order valence-corrected chi connectivity index (χ4v) is 2.36. The summed E-state index contributed by atoms with van der Waals surface area (Å²) < 4.78 is 24.8. The van der Waals surface area contributed by atoms with Gasteiger partial charge in [-0.15, -0.1) is 0 Å². The van der Waals surface area contributed by atoms with E-state index in [4.69, 9.17) is 5.11 Å². The molecule has 0 heterocycles. The summed E-state index contributed by atoms with van der Waals surface area (Å²) in [5.41, 5.74) is -1.52. The molecule has 0 aromatic heterocycles. The molecule has 1 aromatic carbocycles. The highest BCUT2D eigenvalue weighted by molar-refractivity contribution is 7.84. The van der Waals surface area contributed by atoms with Crippen LogP contribution in [0.4, 0.5) is 15.8 Å². The minimum Gasteiger partial charge on any atom is -0.477 e. The summed E-state index contributed by atoms with van der Waals surface area (Å²) >= 11 is 0. The summed E-state index contributed by atoms with van der Waals surface area (Å²) in [4.78, 5) is 20.8. The van der Waals surface area contributed by atoms with Gasteiger partial charge in [0.25, 0.3) is 5.69 Å². The Hall–Kier alpha value is -2.03. The minimum atomic E-state index is -1.51. The van der Waals surface area contributed by atoms with E-state index < -0.39 is 38.8 Å². The first-order chi connectivity index (χ1) is 9.72. The highest BCUT2D eigenvalue weighted by Crippen LogP contribution is 2.26. The molecule has 0 aliphatic carbocycles. The van der Waals surface area contributed by atoms with Gasteiger partial charge in [-0.3, -0.25) is 14.3 Å². The lowest BCUT2D eigenvalue weighted by molar-refractivity contribution is -0.385. The van der Waals surface area contributed by atoms with Gasteiger partial charge in [-0.05, 0) is 19.4 Å². The summed E-state index contributed by atoms with van der Waals surface area (Å²) in [5.74, 6) is -2.00. The maximum atomic E-state index is 13.8. The second kappa shape index (κ2) is 7.11. The summed E-state index contributed by atoms with van der Waals surface area (Å²) in [6, 6.07) is 1.22. The van der Waals surface area contributed by atoms with Crippen LogP contribution in [0.15, 0.2) is 12.1 Å². The average molecular weight is 318 g/mol. The largest absolute Gasteiger partial charge is 0.477 e. The number of nitrogens with one attached hydrogen (secondary N) is 1. The zero-order chi connectivity index (χ0) is 16.2. The van der Waals surface area contributed by atoms with E-state index in [0.717, 1.165) is 6.07 Å². The maximum Gasteiger partial charge on any atom is 0.342 e. The summed E-state index contributed by atoms with van der Waals surface area (Å²) in [6.45, 7) is 1.72. The Labute approximate surface area is 122 Å². The van der Waals surface area contributed by atoms with Gasteiger partial charge in [-0.1, -0.05) is 0 Å². The molecule has 1 rings (SSSR count). The van der Waals surface area contributed by atoms with E-state index >= 15 is 0 Å². The third kappa shape index (κ3) is 4.78. The molecule has 0 radical (unpaired) electrons. The highest BCUT2D eigenvalue weighted by Gasteiger charge is 2.23. The third-order valence-electron chi connectivity index (χ3n) is 2.75. The van der Waals surface area contributed by atoms with Gasteiger partial charge in [0.15, 0.2) is 5.82 Å². The Morgan fingerprint density at radius 2 is 2.19 bits per heavy atom. The van der Waals surface area contributed by atoms with Crippen LogP contribution in [0.2, 0.25) is 0 Å². The first kappa shape index (κ1) is 17.0. The Kier molecular flexibility index (Phi) is 5.77. The fourth-order valence-electron chi connectivity index (χ4n) is 1.68. The van der Waals surface area contributed by atoms with Crippen LogP contribution in [0.3, 0.4) is 0 Å². The van der Waals surface area contributed by atoms with Crippen molar-refractivity contribution in [3.63, 3.8) is 0 Å². The van der Waals surface area contributed by atoms with Gasteiger partial charge >= 0.3 is 5.97 Å². The van der Waals surface area contributed by atoms with E-state index in [-0.39, 0.29) is 11.7 Å². The van der Waals surface area contributed by atoms with Crippen LogP contribution in [0.5, 0.6) is 0 Å². The van der Waals surface area contributed by atoms with E-state index in [1.54, 1.807) is 13.2 Å². The summed E-state index contributed by atoms with van der Waals surface area (Å²) in [7, 11) is -0.988. The molecule has 0 saturated heterocycles. The molecule has 7 nitrogen and oxygen atoms in total. The number of carboxylic acid groups (broad SMARTS) is 1. The van der Waals surface area contributed by atoms with Crippen molar-refractivity contribution in [2.24, 2.45) is 0 Å². The Morgan fingerprint density at radius 3 is 2.67 bits per heavy atom. The number of anilines is 1. The molecule has 2 N–H and O–H groups in total. The SMILES string of the molecule is CC(CCS(C)=O)Nc1cc(C(=O)O)c([N+](=O)[O-])cc1F. The van der Waals surface area contributed by atoms with Crippen LogP contribution in [0.1, 0.15) is 23.7 Å². The number of hydrogen-bond donors (Lipinski definition) is 2. The van der Waals surface area contributed by atoms with Gasteiger partial charge in [0, 0.05) is 28.9 Å². The second-order valence-corrected chi connectivity index (χ2v) is 6.08. The number of hydrogen-bond acceptors (Lipinski definition) is 5. The molecule has 0 amide bonds. The van der Waals surface area contributed by atoms with Gasteiger partial charge in [0.2, 0.25) is 0 Å². The summed E-state index contributed by atoms with van der Waals surface area (Å²) in [5, 5.41) is 22.4. The van der Waals surface area contributed by atoms with Gasteiger partial charge in [-0.2, -0.15) is 0 Å². The van der Waals surface area contributed by atoms with Gasteiger partial charge in [0.05, 0.1) is 16.7 Å². The number of benzene rings is 1. The second-order valence-electron chi connectivity index (χ2n) is 4.52. The first-order valence-electron chi connectivity index (χ1n) is 6.00. The molecule has 9 heteroatoms. The van der Waals surface area contributed by atoms with Crippen LogP contribution in [-0.2, 0) is 10.8 Å². The molecular formula is C12H15FN2O5S. The van der Waals surface area contributed by atoms with Crippen molar-refractivity contribution in [1.29, 1.82) is 0 Å². The van der Waals surface area contributed by atoms with Gasteiger partial charge in [0.1, 0.15) is 5.56 Å². The van der Waals surface area contributed by atoms with Crippen molar-refractivity contribution in [2.45, 2.75) is 19.4 Å². The molecular weight excluding hydrogens is 303 g/mol. The minimum absolute atomic E-state index is 0.132. The molecule has 21 heavy (non-hydrogen) atoms. The van der Waals surface area contributed by atoms with Crippen molar-refractivity contribution in [3.05, 3.63) is 33.6 Å². The van der Waals surface area contributed by atoms with E-state index in [1.165, 1.54) is 0 Å². The van der Waals surface area contributed by atoms with Crippen molar-refractivity contribution < 1.29 is 23.4 Å². The number of carboxylic acids is 1. The molecule has 1 aromatic rings. The molecule has 116 valence electrons. The zero-order valence-electron chi connectivity index (χ0n) is 11.5. The molecule has 0 saturated carbocycles. The number of nitrogens with zero attached hydrogens (tertiary/aromatic N) is 1. The summed E-state index contributed by atoms with van der Waals surface area (Å²) in [6.07, 6.45) is 2.03. The lowest BCUT2D eigenvalue weighted by Gasteiger charge is -2.15. The smallest absolute Gasteiger partial charge is 0.342 e. The standard InChI is InChI=1S/C12H15FN2O5S/c1-7(3-4-21(2)20)14-10-5-8(12(16)17)11(15(18)19)6-9(10)13/h5-7,14H,3-4H2,1-2H3,(H,16,17). The number of rotatable bonds is 7. The number of aromatic carboxylic acids is 1. The van der Waals surface area contributed by atoms with Crippen molar-refractivity contribution in [2.75, 3.05) is 17.3 Å². The zero-order valence-corrected chi connectivity index (χ0v) is 12.3. The first-order valence-corrected chi connectivity index (χ1v) is 7.73. The van der Waals surface area contributed by atoms with Crippen LogP contribution < -0.4 is 5.32 Å². The predicted molar refractivity (Wildman–Crippen MR) is 76.6 cm³/mol. The number of halogens is 1. The number of carbonyl (C=O) groups is 1. The molecule has 2 atom stereocenters. The number of nitro benzene ring substituents is 1. The Balaban J connectivity index is 3.03. The van der Waals surface area contributed by atoms with Gasteiger partial charge in [-0.25, -0.2) is 9.18 Å². The van der Waals surface area contributed by atoms with E-state index in [1.807, 2.05) is 0 Å². The molecule has 0 spiro atoms. The Bertz CT molecular complexity index is 593. The highest BCUT2D eigenvalue weighted by atomic mass is 32.2. The fraction of sp³-hybridized carbons (Fsp3) is 0.417. The number of nitro groups is 1. The maximum absolute atomic E-state index is 13.8. The van der Waals surface area contributed by atoms with E-state index in [2.05, 4.69) is 5.32 Å². The van der Waals surface area contributed by atoms with E-state index in [0.29, 0.717) is 18.2 Å². The predicted octanol–water partition coefficient (Wildman–Crippen LogP) is 2.00. The quantitative estimate of drug-likeness (QED) is 0.588. The van der Waals surface area contributed by atoms with Crippen molar-refractivity contribution in [3.8, 4) is 0 Å². The van der Waals surface area contributed by atoms with Crippen LogP contribution in [-0.4, -0.2) is 38.3 Å². The van der Waals surface area contributed by atoms with Crippen LogP contribution >= 0.6 is 0 Å². The molecule has 0 aliphatic rings. The monoisotopic (exact) mass is 318 g/mol. The van der Waals surface area contributed by atoms with Crippen molar-refractivity contribution >= 4 is 28.1 Å². The third-order valence-corrected chi connectivity index (χ3v) is 3.56. The normalized spacial score (nSPS) is 13.5. The van der Waals surface area contributed by atoms with Crippen LogP contribution in [0.25, 0.3) is 0 Å². The molecule has 0 aliphatic heterocycles. The lowest BCUT2D eigenvalue weighted by Crippen LogP contribution is -2.19. The van der Waals surface area contributed by atoms with E-state index in [9.17, 15) is 23.5 Å². The van der Waals surface area contributed by atoms with Crippen molar-refractivity contribution in [1.82, 2.24) is 0 Å². The lowest BCUT2D eigenvalue weighted by atomic mass is 10.1.